The quantitative estimate of drug-likeness (QED) is 0.933. The number of nitrogens with zero attached hydrogens (tertiary/aromatic N) is 3. The second kappa shape index (κ2) is 6.17. The third-order valence-electron chi connectivity index (χ3n) is 3.17. The average molecular weight is 337 g/mol. The second-order valence-corrected chi connectivity index (χ2v) is 5.61. The highest BCUT2D eigenvalue weighted by molar-refractivity contribution is 9.10. The molecule has 6 heteroatoms. The lowest BCUT2D eigenvalue weighted by Crippen LogP contribution is -2.32. The monoisotopic (exact) mass is 336 g/mol. The summed E-state index contributed by atoms with van der Waals surface area (Å²) >= 11 is 3.39. The highest BCUT2D eigenvalue weighted by Gasteiger charge is 2.18. The van der Waals surface area contributed by atoms with E-state index in [0.717, 1.165) is 22.3 Å². The van der Waals surface area contributed by atoms with Crippen molar-refractivity contribution < 1.29 is 4.79 Å². The van der Waals surface area contributed by atoms with Crippen molar-refractivity contribution in [2.24, 2.45) is 0 Å². The van der Waals surface area contributed by atoms with Crippen LogP contribution >= 0.6 is 15.9 Å². The largest absolute Gasteiger partial charge is 0.348 e. The van der Waals surface area contributed by atoms with Crippen LogP contribution in [0, 0.1) is 6.92 Å². The van der Waals surface area contributed by atoms with Crippen LogP contribution in [0.25, 0.3) is 5.69 Å². The lowest BCUT2D eigenvalue weighted by molar-refractivity contribution is 0.0933. The van der Waals surface area contributed by atoms with E-state index in [1.807, 2.05) is 45.0 Å². The first-order valence-corrected chi connectivity index (χ1v) is 7.31. The van der Waals surface area contributed by atoms with E-state index in [0.29, 0.717) is 5.69 Å². The number of hydrogen-bond acceptors (Lipinski definition) is 3. The van der Waals surface area contributed by atoms with Gasteiger partial charge in [-0.1, -0.05) is 28.1 Å². The van der Waals surface area contributed by atoms with Crippen LogP contribution in [-0.2, 0) is 0 Å². The molecule has 0 saturated carbocycles. The Morgan fingerprint density at radius 2 is 2.05 bits per heavy atom. The predicted octanol–water partition coefficient (Wildman–Crippen LogP) is 2.87. The molecule has 0 radical (unpaired) electrons. The van der Waals surface area contributed by atoms with Crippen molar-refractivity contribution in [2.45, 2.75) is 33.2 Å². The summed E-state index contributed by atoms with van der Waals surface area (Å²) in [7, 11) is 0. The number of halogens is 1. The maximum Gasteiger partial charge on any atom is 0.273 e. The summed E-state index contributed by atoms with van der Waals surface area (Å²) in [5.41, 5.74) is 1.97. The smallest absolute Gasteiger partial charge is 0.273 e. The second-order valence-electron chi connectivity index (χ2n) is 4.69. The van der Waals surface area contributed by atoms with Crippen molar-refractivity contribution >= 4 is 21.8 Å². The molecule has 106 valence electrons. The summed E-state index contributed by atoms with van der Waals surface area (Å²) in [6.45, 7) is 5.83. The van der Waals surface area contributed by atoms with Crippen LogP contribution in [0.5, 0.6) is 0 Å². The van der Waals surface area contributed by atoms with E-state index in [1.54, 1.807) is 4.68 Å². The fraction of sp³-hybridized carbons (Fsp3) is 0.357. The number of hydrogen-bond donors (Lipinski definition) is 1. The van der Waals surface area contributed by atoms with E-state index in [-0.39, 0.29) is 11.9 Å². The van der Waals surface area contributed by atoms with Gasteiger partial charge in [0.1, 0.15) is 0 Å². The molecule has 1 atom stereocenters. The molecule has 0 saturated heterocycles. The molecule has 1 aromatic carbocycles. The Bertz CT molecular complexity index is 606. The van der Waals surface area contributed by atoms with Gasteiger partial charge in [-0.15, -0.1) is 5.10 Å². The average Bonchev–Trinajstić information content (AvgIpc) is 2.81. The van der Waals surface area contributed by atoms with Gasteiger partial charge in [0, 0.05) is 10.5 Å². The number of amides is 1. The summed E-state index contributed by atoms with van der Waals surface area (Å²) in [4.78, 5) is 12.1. The Hall–Kier alpha value is -1.69. The molecule has 2 rings (SSSR count). The van der Waals surface area contributed by atoms with E-state index < -0.39 is 0 Å². The summed E-state index contributed by atoms with van der Waals surface area (Å²) in [5, 5.41) is 10.9. The normalized spacial score (nSPS) is 12.2. The van der Waals surface area contributed by atoms with Gasteiger partial charge in [0.2, 0.25) is 0 Å². The lowest BCUT2D eigenvalue weighted by Gasteiger charge is -2.10. The highest BCUT2D eigenvalue weighted by Crippen LogP contribution is 2.16. The Morgan fingerprint density at radius 3 is 2.65 bits per heavy atom. The molecule has 0 bridgehead atoms. The van der Waals surface area contributed by atoms with Crippen LogP contribution < -0.4 is 5.32 Å². The molecule has 0 aliphatic heterocycles. The Labute approximate surface area is 126 Å². The predicted molar refractivity (Wildman–Crippen MR) is 81.0 cm³/mol. The van der Waals surface area contributed by atoms with Crippen LogP contribution in [0.3, 0.4) is 0 Å². The van der Waals surface area contributed by atoms with Gasteiger partial charge in [0.15, 0.2) is 5.69 Å². The van der Waals surface area contributed by atoms with Crippen molar-refractivity contribution in [1.82, 2.24) is 20.3 Å². The minimum atomic E-state index is -0.180. The van der Waals surface area contributed by atoms with Crippen molar-refractivity contribution in [3.63, 3.8) is 0 Å². The van der Waals surface area contributed by atoms with E-state index >= 15 is 0 Å². The minimum Gasteiger partial charge on any atom is -0.348 e. The van der Waals surface area contributed by atoms with E-state index in [4.69, 9.17) is 0 Å². The summed E-state index contributed by atoms with van der Waals surface area (Å²) in [5.74, 6) is -0.180. The molecule has 1 amide bonds. The number of carbonyl (C=O) groups excluding carboxylic acids is 1. The summed E-state index contributed by atoms with van der Waals surface area (Å²) in [6, 6.07) is 7.81. The minimum absolute atomic E-state index is 0.125. The number of benzene rings is 1. The molecule has 0 fully saturated rings. The molecule has 5 nitrogen and oxygen atoms in total. The fourth-order valence-electron chi connectivity index (χ4n) is 1.76. The van der Waals surface area contributed by atoms with Gasteiger partial charge >= 0.3 is 0 Å². The van der Waals surface area contributed by atoms with Crippen LogP contribution in [0.1, 0.15) is 36.5 Å². The van der Waals surface area contributed by atoms with E-state index in [1.165, 1.54) is 0 Å². The molecule has 1 heterocycles. The van der Waals surface area contributed by atoms with Gasteiger partial charge < -0.3 is 5.32 Å². The lowest BCUT2D eigenvalue weighted by atomic mass is 10.2. The van der Waals surface area contributed by atoms with Crippen LogP contribution in [0.2, 0.25) is 0 Å². The summed E-state index contributed by atoms with van der Waals surface area (Å²) < 4.78 is 2.66. The van der Waals surface area contributed by atoms with Crippen molar-refractivity contribution in [1.29, 1.82) is 0 Å². The van der Waals surface area contributed by atoms with Crippen molar-refractivity contribution in [3.8, 4) is 5.69 Å². The molecule has 1 unspecified atom stereocenters. The van der Waals surface area contributed by atoms with E-state index in [2.05, 4.69) is 31.6 Å². The zero-order valence-corrected chi connectivity index (χ0v) is 13.3. The standard InChI is InChI=1S/C14H17BrN4O/c1-4-9(2)16-14(20)13-10(3)19(18-17-13)12-7-5-11(15)6-8-12/h5-9H,4H2,1-3H3,(H,16,20). The number of nitrogens with one attached hydrogen (secondary N) is 1. The number of rotatable bonds is 4. The Morgan fingerprint density at radius 1 is 1.40 bits per heavy atom. The topological polar surface area (TPSA) is 59.8 Å². The molecule has 0 aliphatic rings. The van der Waals surface area contributed by atoms with E-state index in [9.17, 15) is 4.79 Å². The molecule has 2 aromatic rings. The molecule has 0 spiro atoms. The third-order valence-corrected chi connectivity index (χ3v) is 3.70. The van der Waals surface area contributed by atoms with Crippen LogP contribution in [-0.4, -0.2) is 26.9 Å². The number of carbonyl (C=O) groups is 1. The number of aromatic nitrogens is 3. The van der Waals surface area contributed by atoms with Crippen LogP contribution in [0.15, 0.2) is 28.7 Å². The first-order valence-electron chi connectivity index (χ1n) is 6.52. The van der Waals surface area contributed by atoms with Gasteiger partial charge in [-0.3, -0.25) is 4.79 Å². The first-order chi connectivity index (χ1) is 9.52. The third kappa shape index (κ3) is 3.07. The highest BCUT2D eigenvalue weighted by atomic mass is 79.9. The van der Waals surface area contributed by atoms with Crippen molar-refractivity contribution in [3.05, 3.63) is 40.1 Å². The molecule has 20 heavy (non-hydrogen) atoms. The van der Waals surface area contributed by atoms with Crippen LogP contribution in [0.4, 0.5) is 0 Å². The summed E-state index contributed by atoms with van der Waals surface area (Å²) in [6.07, 6.45) is 0.881. The first kappa shape index (κ1) is 14.7. The maximum absolute atomic E-state index is 12.1. The molecular formula is C14H17BrN4O. The molecule has 1 aromatic heterocycles. The van der Waals surface area contributed by atoms with Gasteiger partial charge in [0.25, 0.3) is 5.91 Å². The van der Waals surface area contributed by atoms with Gasteiger partial charge in [-0.25, -0.2) is 4.68 Å². The zero-order valence-electron chi connectivity index (χ0n) is 11.7. The SMILES string of the molecule is CCC(C)NC(=O)c1nnn(-c2ccc(Br)cc2)c1C. The fourth-order valence-corrected chi connectivity index (χ4v) is 2.03. The Kier molecular flexibility index (Phi) is 4.54. The molecular weight excluding hydrogens is 320 g/mol. The van der Waals surface area contributed by atoms with Gasteiger partial charge in [0.05, 0.1) is 11.4 Å². The molecule has 1 N–H and O–H groups in total. The Balaban J connectivity index is 2.27. The molecule has 0 aliphatic carbocycles. The zero-order chi connectivity index (χ0) is 14.7. The van der Waals surface area contributed by atoms with Gasteiger partial charge in [-0.2, -0.15) is 0 Å². The van der Waals surface area contributed by atoms with Gasteiger partial charge in [-0.05, 0) is 44.5 Å². The van der Waals surface area contributed by atoms with Crippen molar-refractivity contribution in [2.75, 3.05) is 0 Å². The maximum atomic E-state index is 12.1.